The molecule has 0 saturated carbocycles. The third-order valence-corrected chi connectivity index (χ3v) is 10.8. The minimum atomic E-state index is 0.799. The van der Waals surface area contributed by atoms with Gasteiger partial charge in [0, 0.05) is 17.4 Å². The van der Waals surface area contributed by atoms with Gasteiger partial charge in [-0.25, -0.2) is 9.97 Å². The molecule has 0 atom stereocenters. The van der Waals surface area contributed by atoms with E-state index in [2.05, 4.69) is 217 Å². The lowest BCUT2D eigenvalue weighted by Gasteiger charge is -2.20. The summed E-state index contributed by atoms with van der Waals surface area (Å²) in [6.07, 6.45) is 3.84. The lowest BCUT2D eigenvalue weighted by atomic mass is 9.84. The first kappa shape index (κ1) is 33.9. The van der Waals surface area contributed by atoms with Crippen LogP contribution in [-0.4, -0.2) is 14.5 Å². The van der Waals surface area contributed by atoms with Crippen LogP contribution in [0, 0.1) is 0 Å². The van der Waals surface area contributed by atoms with E-state index in [0.29, 0.717) is 0 Å². The molecule has 0 aliphatic carbocycles. The fourth-order valence-corrected chi connectivity index (χ4v) is 8.12. The molecule has 57 heavy (non-hydrogen) atoms. The van der Waals surface area contributed by atoms with Crippen LogP contribution >= 0.6 is 0 Å². The van der Waals surface area contributed by atoms with Gasteiger partial charge in [-0.15, -0.1) is 0 Å². The van der Waals surface area contributed by atoms with E-state index in [1.165, 1.54) is 33.4 Å². The molecule has 2 aromatic heterocycles. The molecule has 2 heterocycles. The van der Waals surface area contributed by atoms with E-state index >= 15 is 0 Å². The third-order valence-electron chi connectivity index (χ3n) is 10.8. The van der Waals surface area contributed by atoms with Crippen LogP contribution < -0.4 is 0 Å². The van der Waals surface area contributed by atoms with Crippen molar-refractivity contribution in [3.8, 4) is 83.6 Å². The first-order valence-corrected chi connectivity index (χ1v) is 19.3. The summed E-state index contributed by atoms with van der Waals surface area (Å²) in [5.41, 5.74) is 18.7. The highest BCUT2D eigenvalue weighted by Crippen LogP contribution is 2.45. The minimum Gasteiger partial charge on any atom is -0.283 e. The maximum Gasteiger partial charge on any atom is 0.165 e. The Morgan fingerprint density at radius 2 is 0.649 bits per heavy atom. The fraction of sp³-hybridized carbons (Fsp3) is 0. The number of aromatic nitrogens is 3. The molecule has 0 N–H and O–H groups in total. The van der Waals surface area contributed by atoms with Crippen molar-refractivity contribution in [1.82, 2.24) is 14.5 Å². The normalized spacial score (nSPS) is 11.2. The van der Waals surface area contributed by atoms with Gasteiger partial charge in [0.05, 0.1) is 0 Å². The Bertz CT molecular complexity index is 2840. The number of nitrogens with zero attached hydrogens (tertiary/aromatic N) is 3. The second kappa shape index (κ2) is 14.9. The minimum absolute atomic E-state index is 0.799. The number of hydrogen-bond acceptors (Lipinski definition) is 2. The smallest absolute Gasteiger partial charge is 0.165 e. The Morgan fingerprint density at radius 1 is 0.298 bits per heavy atom. The van der Waals surface area contributed by atoms with Gasteiger partial charge >= 0.3 is 0 Å². The first-order chi connectivity index (χ1) is 28.3. The predicted molar refractivity (Wildman–Crippen MR) is 237 cm³/mol. The summed E-state index contributed by atoms with van der Waals surface area (Å²) in [5.74, 6) is 0. The van der Waals surface area contributed by atoms with Gasteiger partial charge in [0.15, 0.2) is 5.65 Å². The largest absolute Gasteiger partial charge is 0.283 e. The highest BCUT2D eigenvalue weighted by atomic mass is 15.1. The Labute approximate surface area is 332 Å². The molecule has 0 bridgehead atoms. The van der Waals surface area contributed by atoms with Crippen LogP contribution in [0.25, 0.3) is 94.7 Å². The number of hydrogen-bond donors (Lipinski definition) is 0. The summed E-state index contributed by atoms with van der Waals surface area (Å²) in [7, 11) is 0. The fourth-order valence-electron chi connectivity index (χ4n) is 8.12. The monoisotopic (exact) mass is 727 g/mol. The van der Waals surface area contributed by atoms with E-state index in [-0.39, 0.29) is 0 Å². The van der Waals surface area contributed by atoms with E-state index in [0.717, 1.165) is 61.4 Å². The van der Waals surface area contributed by atoms with E-state index in [1.807, 2.05) is 12.5 Å². The second-order valence-corrected chi connectivity index (χ2v) is 14.2. The van der Waals surface area contributed by atoms with Gasteiger partial charge in [-0.1, -0.05) is 182 Å². The number of benzene rings is 8. The lowest BCUT2D eigenvalue weighted by Crippen LogP contribution is -1.99. The van der Waals surface area contributed by atoms with Crippen molar-refractivity contribution in [3.63, 3.8) is 0 Å². The van der Waals surface area contributed by atoms with E-state index in [4.69, 9.17) is 9.97 Å². The molecule has 10 aromatic rings. The number of pyridine rings is 1. The summed E-state index contributed by atoms with van der Waals surface area (Å²) in [6, 6.07) is 75.5. The van der Waals surface area contributed by atoms with Gasteiger partial charge in [-0.2, -0.15) is 0 Å². The predicted octanol–water partition coefficient (Wildman–Crippen LogP) is 14.1. The summed E-state index contributed by atoms with van der Waals surface area (Å²) in [5, 5.41) is 0. The van der Waals surface area contributed by atoms with Crippen molar-refractivity contribution >= 4 is 11.2 Å². The van der Waals surface area contributed by atoms with Crippen molar-refractivity contribution in [1.29, 1.82) is 0 Å². The van der Waals surface area contributed by atoms with Crippen LogP contribution in [0.15, 0.2) is 225 Å². The summed E-state index contributed by atoms with van der Waals surface area (Å²) in [4.78, 5) is 10.2. The molecule has 0 aliphatic rings. The Kier molecular flexibility index (Phi) is 8.86. The molecule has 0 amide bonds. The topological polar surface area (TPSA) is 30.7 Å². The average molecular weight is 728 g/mol. The Morgan fingerprint density at radius 3 is 1.04 bits per heavy atom. The van der Waals surface area contributed by atoms with Crippen LogP contribution in [0.3, 0.4) is 0 Å². The molecule has 8 aromatic carbocycles. The zero-order valence-corrected chi connectivity index (χ0v) is 31.2. The van der Waals surface area contributed by atoms with E-state index < -0.39 is 0 Å². The van der Waals surface area contributed by atoms with Gasteiger partial charge in [-0.3, -0.25) is 4.57 Å². The van der Waals surface area contributed by atoms with Gasteiger partial charge in [0.1, 0.15) is 11.8 Å². The average Bonchev–Trinajstić information content (AvgIpc) is 3.75. The van der Waals surface area contributed by atoms with E-state index in [9.17, 15) is 0 Å². The summed E-state index contributed by atoms with van der Waals surface area (Å²) >= 11 is 0. The van der Waals surface area contributed by atoms with Crippen LogP contribution in [-0.2, 0) is 0 Å². The molecule has 0 saturated heterocycles. The quantitative estimate of drug-likeness (QED) is 0.156. The molecule has 0 radical (unpaired) electrons. The van der Waals surface area contributed by atoms with Gasteiger partial charge in [0.2, 0.25) is 0 Å². The summed E-state index contributed by atoms with van der Waals surface area (Å²) in [6.45, 7) is 0. The molecule has 0 aliphatic heterocycles. The lowest BCUT2D eigenvalue weighted by molar-refractivity contribution is 1.07. The standard InChI is InChI=1S/C54H37N3/c1-7-19-38(20-8-1)47-33-44(34-48(39-21-9-2-10-22-39)51(47)42-27-15-5-16-28-42)46-31-32-55-54-53(46)56-37-57(54)45-35-49(40-23-11-3-12-24-40)52(43-29-17-6-18-30-43)50(36-45)41-25-13-4-14-26-41/h1-37H. The van der Waals surface area contributed by atoms with Crippen LogP contribution in [0.5, 0.6) is 0 Å². The van der Waals surface area contributed by atoms with Crippen molar-refractivity contribution in [3.05, 3.63) is 225 Å². The second-order valence-electron chi connectivity index (χ2n) is 14.2. The van der Waals surface area contributed by atoms with Crippen molar-refractivity contribution in [2.75, 3.05) is 0 Å². The molecule has 0 spiro atoms. The van der Waals surface area contributed by atoms with Crippen LogP contribution in [0.1, 0.15) is 0 Å². The zero-order valence-electron chi connectivity index (χ0n) is 31.2. The molecular weight excluding hydrogens is 691 g/mol. The molecule has 0 fully saturated rings. The maximum absolute atomic E-state index is 5.14. The SMILES string of the molecule is c1ccc(-c2cc(-c3ccnc4c3ncn4-c3cc(-c4ccccc4)c(-c4ccccc4)c(-c4ccccc4)c3)cc(-c3ccccc3)c2-c2ccccc2)cc1. The Hall–Kier alpha value is -7.62. The molecule has 3 heteroatoms. The number of imidazole rings is 1. The number of rotatable bonds is 8. The highest BCUT2D eigenvalue weighted by molar-refractivity contribution is 6.01. The highest BCUT2D eigenvalue weighted by Gasteiger charge is 2.21. The van der Waals surface area contributed by atoms with E-state index in [1.54, 1.807) is 0 Å². The van der Waals surface area contributed by atoms with Gasteiger partial charge < -0.3 is 0 Å². The van der Waals surface area contributed by atoms with Gasteiger partial charge in [0.25, 0.3) is 0 Å². The van der Waals surface area contributed by atoms with Crippen LogP contribution in [0.4, 0.5) is 0 Å². The molecule has 0 unspecified atom stereocenters. The molecular formula is C54H37N3. The zero-order chi connectivity index (χ0) is 38.0. The molecule has 268 valence electrons. The molecule has 3 nitrogen and oxygen atoms in total. The van der Waals surface area contributed by atoms with Crippen molar-refractivity contribution < 1.29 is 0 Å². The third kappa shape index (κ3) is 6.41. The summed E-state index contributed by atoms with van der Waals surface area (Å²) < 4.78 is 2.14. The van der Waals surface area contributed by atoms with Crippen molar-refractivity contribution in [2.24, 2.45) is 0 Å². The van der Waals surface area contributed by atoms with Crippen LogP contribution in [0.2, 0.25) is 0 Å². The maximum atomic E-state index is 5.14. The van der Waals surface area contributed by atoms with Crippen molar-refractivity contribution in [2.45, 2.75) is 0 Å². The Balaban J connectivity index is 1.21. The number of fused-ring (bicyclic) bond motifs is 1. The first-order valence-electron chi connectivity index (χ1n) is 19.3. The van der Waals surface area contributed by atoms with Gasteiger partial charge in [-0.05, 0) is 103 Å². The molecule has 10 rings (SSSR count).